The summed E-state index contributed by atoms with van der Waals surface area (Å²) < 4.78 is 0. The molecule has 0 saturated carbocycles. The number of hydrazine groups is 1. The average molecular weight is 303 g/mol. The maximum Gasteiger partial charge on any atom is 0.266 e. The Labute approximate surface area is 135 Å². The summed E-state index contributed by atoms with van der Waals surface area (Å²) >= 11 is 0. The van der Waals surface area contributed by atoms with Gasteiger partial charge in [-0.1, -0.05) is 60.7 Å². The summed E-state index contributed by atoms with van der Waals surface area (Å²) in [6.45, 7) is 0. The highest BCUT2D eigenvalue weighted by atomic mass is 16.2. The summed E-state index contributed by atoms with van der Waals surface area (Å²) in [5.74, 6) is -0.213. The van der Waals surface area contributed by atoms with Crippen LogP contribution in [-0.4, -0.2) is 10.9 Å². The maximum atomic E-state index is 12.2. The number of rotatable bonds is 5. The number of carbonyl (C=O) groups is 1. The molecule has 1 heterocycles. The molecule has 1 aromatic heterocycles. The lowest BCUT2D eigenvalue weighted by Crippen LogP contribution is -2.40. The first-order valence-electron chi connectivity index (χ1n) is 7.40. The van der Waals surface area contributed by atoms with E-state index in [1.165, 1.54) is 6.20 Å². The summed E-state index contributed by atoms with van der Waals surface area (Å²) in [6, 6.07) is 23.3. The van der Waals surface area contributed by atoms with E-state index in [1.54, 1.807) is 18.3 Å². The third-order valence-corrected chi connectivity index (χ3v) is 3.52. The molecule has 0 spiro atoms. The minimum atomic E-state index is -0.213. The molecule has 1 amide bonds. The normalized spacial score (nSPS) is 10.5. The fourth-order valence-corrected chi connectivity index (χ4v) is 2.36. The highest BCUT2D eigenvalue weighted by molar-refractivity contribution is 5.93. The molecular formula is C19H17N3O. The first-order chi connectivity index (χ1) is 11.3. The second-order valence-corrected chi connectivity index (χ2v) is 5.09. The number of amides is 1. The van der Waals surface area contributed by atoms with Crippen LogP contribution in [0.15, 0.2) is 85.2 Å². The first-order valence-corrected chi connectivity index (χ1v) is 7.40. The summed E-state index contributed by atoms with van der Waals surface area (Å²) in [6.07, 6.45) is 3.18. The predicted molar refractivity (Wildman–Crippen MR) is 89.6 cm³/mol. The van der Waals surface area contributed by atoms with Crippen molar-refractivity contribution in [1.82, 2.24) is 15.8 Å². The molecule has 4 nitrogen and oxygen atoms in total. The van der Waals surface area contributed by atoms with Crippen molar-refractivity contribution in [1.29, 1.82) is 0 Å². The van der Waals surface area contributed by atoms with Crippen LogP contribution in [0.4, 0.5) is 0 Å². The number of carbonyl (C=O) groups excluding carboxylic acids is 1. The van der Waals surface area contributed by atoms with Crippen LogP contribution >= 0.6 is 0 Å². The van der Waals surface area contributed by atoms with E-state index in [2.05, 4.69) is 15.8 Å². The van der Waals surface area contributed by atoms with Crippen LogP contribution < -0.4 is 10.9 Å². The largest absolute Gasteiger partial charge is 0.287 e. The highest BCUT2D eigenvalue weighted by Crippen LogP contribution is 2.20. The van der Waals surface area contributed by atoms with Gasteiger partial charge in [-0.25, -0.2) is 5.43 Å². The van der Waals surface area contributed by atoms with E-state index < -0.39 is 0 Å². The van der Waals surface area contributed by atoms with Gasteiger partial charge in [0.25, 0.3) is 5.91 Å². The number of hydrogen-bond acceptors (Lipinski definition) is 3. The topological polar surface area (TPSA) is 54.0 Å². The summed E-state index contributed by atoms with van der Waals surface area (Å²) in [7, 11) is 0. The van der Waals surface area contributed by atoms with Crippen LogP contribution in [0.3, 0.4) is 0 Å². The second kappa shape index (κ2) is 7.33. The third kappa shape index (κ3) is 3.81. The first kappa shape index (κ1) is 14.9. The Bertz CT molecular complexity index is 706. The predicted octanol–water partition coefficient (Wildman–Crippen LogP) is 3.11. The monoisotopic (exact) mass is 303 g/mol. The lowest BCUT2D eigenvalue weighted by atomic mass is 9.99. The molecule has 0 aliphatic heterocycles. The zero-order valence-corrected chi connectivity index (χ0v) is 12.5. The Morgan fingerprint density at radius 1 is 0.826 bits per heavy atom. The minimum Gasteiger partial charge on any atom is -0.287 e. The van der Waals surface area contributed by atoms with Gasteiger partial charge in [-0.15, -0.1) is 0 Å². The van der Waals surface area contributed by atoms with Crippen LogP contribution in [0.25, 0.3) is 0 Å². The van der Waals surface area contributed by atoms with E-state index in [-0.39, 0.29) is 11.9 Å². The Morgan fingerprint density at radius 2 is 1.43 bits per heavy atom. The SMILES string of the molecule is O=C(NNC(c1ccccc1)c1ccccc1)c1cccnc1. The maximum absolute atomic E-state index is 12.2. The lowest BCUT2D eigenvalue weighted by Gasteiger charge is -2.20. The van der Waals surface area contributed by atoms with Gasteiger partial charge >= 0.3 is 0 Å². The average Bonchev–Trinajstić information content (AvgIpc) is 2.64. The van der Waals surface area contributed by atoms with E-state index in [0.717, 1.165) is 11.1 Å². The fraction of sp³-hybridized carbons (Fsp3) is 0.0526. The molecule has 0 aliphatic rings. The molecule has 0 radical (unpaired) electrons. The smallest absolute Gasteiger partial charge is 0.266 e. The van der Waals surface area contributed by atoms with Crippen molar-refractivity contribution in [3.8, 4) is 0 Å². The molecule has 2 N–H and O–H groups in total. The number of hydrogen-bond donors (Lipinski definition) is 2. The number of aromatic nitrogens is 1. The van der Waals surface area contributed by atoms with Crippen molar-refractivity contribution in [3.63, 3.8) is 0 Å². The molecule has 0 saturated heterocycles. The van der Waals surface area contributed by atoms with Crippen LogP contribution in [0.1, 0.15) is 27.5 Å². The van der Waals surface area contributed by atoms with Gasteiger partial charge in [0.05, 0.1) is 11.6 Å². The van der Waals surface area contributed by atoms with Gasteiger partial charge < -0.3 is 0 Å². The van der Waals surface area contributed by atoms with Gasteiger partial charge in [0.2, 0.25) is 0 Å². The van der Waals surface area contributed by atoms with Crippen molar-refractivity contribution in [2.45, 2.75) is 6.04 Å². The summed E-state index contributed by atoms with van der Waals surface area (Å²) in [5, 5.41) is 0. The molecule has 0 atom stereocenters. The minimum absolute atomic E-state index is 0.127. The fourth-order valence-electron chi connectivity index (χ4n) is 2.36. The van der Waals surface area contributed by atoms with Crippen molar-refractivity contribution < 1.29 is 4.79 Å². The van der Waals surface area contributed by atoms with Crippen LogP contribution in [-0.2, 0) is 0 Å². The molecule has 0 fully saturated rings. The van der Waals surface area contributed by atoms with Gasteiger partial charge in [-0.05, 0) is 23.3 Å². The van der Waals surface area contributed by atoms with Crippen molar-refractivity contribution in [2.75, 3.05) is 0 Å². The Hall–Kier alpha value is -2.98. The molecule has 3 rings (SSSR count). The molecule has 0 bridgehead atoms. The van der Waals surface area contributed by atoms with Gasteiger partial charge in [0.1, 0.15) is 0 Å². The second-order valence-electron chi connectivity index (χ2n) is 5.09. The molecule has 23 heavy (non-hydrogen) atoms. The van der Waals surface area contributed by atoms with E-state index in [0.29, 0.717) is 5.56 Å². The van der Waals surface area contributed by atoms with Gasteiger partial charge in [0.15, 0.2) is 0 Å². The lowest BCUT2D eigenvalue weighted by molar-refractivity contribution is 0.0928. The molecular weight excluding hydrogens is 286 g/mol. The van der Waals surface area contributed by atoms with Gasteiger partial charge in [-0.3, -0.25) is 15.2 Å². The number of nitrogens with one attached hydrogen (secondary N) is 2. The Morgan fingerprint density at radius 3 is 1.96 bits per heavy atom. The van der Waals surface area contributed by atoms with E-state index >= 15 is 0 Å². The molecule has 2 aromatic carbocycles. The number of pyridine rings is 1. The Balaban J connectivity index is 1.79. The zero-order chi connectivity index (χ0) is 15.9. The third-order valence-electron chi connectivity index (χ3n) is 3.52. The molecule has 3 aromatic rings. The summed E-state index contributed by atoms with van der Waals surface area (Å²) in [5.41, 5.74) is 8.55. The molecule has 4 heteroatoms. The number of benzene rings is 2. The quantitative estimate of drug-likeness (QED) is 0.712. The molecule has 0 aliphatic carbocycles. The van der Waals surface area contributed by atoms with E-state index in [4.69, 9.17) is 0 Å². The number of nitrogens with zero attached hydrogens (tertiary/aromatic N) is 1. The standard InChI is InChI=1S/C19H17N3O/c23-19(17-12-7-13-20-14-17)22-21-18(15-8-3-1-4-9-15)16-10-5-2-6-11-16/h1-14,18,21H,(H,22,23). The van der Waals surface area contributed by atoms with E-state index in [1.807, 2.05) is 60.7 Å². The van der Waals surface area contributed by atoms with Crippen LogP contribution in [0.5, 0.6) is 0 Å². The van der Waals surface area contributed by atoms with Gasteiger partial charge in [0, 0.05) is 12.4 Å². The van der Waals surface area contributed by atoms with Crippen LogP contribution in [0, 0.1) is 0 Å². The van der Waals surface area contributed by atoms with Crippen molar-refractivity contribution >= 4 is 5.91 Å². The zero-order valence-electron chi connectivity index (χ0n) is 12.5. The highest BCUT2D eigenvalue weighted by Gasteiger charge is 2.14. The van der Waals surface area contributed by atoms with Crippen LogP contribution in [0.2, 0.25) is 0 Å². The summed E-state index contributed by atoms with van der Waals surface area (Å²) in [4.78, 5) is 16.2. The van der Waals surface area contributed by atoms with Gasteiger partial charge in [-0.2, -0.15) is 0 Å². The molecule has 114 valence electrons. The van der Waals surface area contributed by atoms with Crippen molar-refractivity contribution in [3.05, 3.63) is 102 Å². The molecule has 0 unspecified atom stereocenters. The van der Waals surface area contributed by atoms with E-state index in [9.17, 15) is 4.79 Å². The van der Waals surface area contributed by atoms with Crippen molar-refractivity contribution in [2.24, 2.45) is 0 Å². The Kier molecular flexibility index (Phi) is 4.76.